The summed E-state index contributed by atoms with van der Waals surface area (Å²) in [6, 6.07) is 6.16. The monoisotopic (exact) mass is 173 g/mol. The lowest BCUT2D eigenvalue weighted by molar-refractivity contribution is 0.748. The average Bonchev–Trinajstić information content (AvgIpc) is 2.72. The molecule has 0 bridgehead atoms. The van der Waals surface area contributed by atoms with Crippen molar-refractivity contribution in [2.45, 2.75) is 18.4 Å². The normalized spacial score (nSPS) is 19.2. The summed E-state index contributed by atoms with van der Waals surface area (Å²) in [5.41, 5.74) is 8.40. The summed E-state index contributed by atoms with van der Waals surface area (Å²) in [7, 11) is 0. The van der Waals surface area contributed by atoms with Crippen molar-refractivity contribution in [1.29, 1.82) is 0 Å². The standard InChI is InChI=1S/C10H11N3/c11-10(4-5-10)8-2-1-3-9-7(8)6-12-13-9/h1-3,6H,4-5,11H2,(H,12,13). The summed E-state index contributed by atoms with van der Waals surface area (Å²) in [6.07, 6.45) is 4.05. The van der Waals surface area contributed by atoms with Crippen molar-refractivity contribution in [3.63, 3.8) is 0 Å². The van der Waals surface area contributed by atoms with Gasteiger partial charge in [-0.15, -0.1) is 0 Å². The van der Waals surface area contributed by atoms with E-state index in [0.29, 0.717) is 0 Å². The van der Waals surface area contributed by atoms with Gasteiger partial charge < -0.3 is 5.73 Å². The van der Waals surface area contributed by atoms with Crippen LogP contribution in [0.3, 0.4) is 0 Å². The molecule has 1 aromatic carbocycles. The molecule has 0 spiro atoms. The molecule has 1 fully saturated rings. The van der Waals surface area contributed by atoms with E-state index in [1.165, 1.54) is 10.9 Å². The summed E-state index contributed by atoms with van der Waals surface area (Å²) in [4.78, 5) is 0. The number of rotatable bonds is 1. The number of nitrogens with zero attached hydrogens (tertiary/aromatic N) is 1. The van der Waals surface area contributed by atoms with Crippen LogP contribution in [0, 0.1) is 0 Å². The Kier molecular flexibility index (Phi) is 1.15. The molecule has 1 aliphatic rings. The van der Waals surface area contributed by atoms with Gasteiger partial charge in [0.15, 0.2) is 0 Å². The lowest BCUT2D eigenvalue weighted by atomic mass is 10.0. The van der Waals surface area contributed by atoms with Gasteiger partial charge in [0.2, 0.25) is 0 Å². The summed E-state index contributed by atoms with van der Waals surface area (Å²) in [5, 5.41) is 8.15. The zero-order valence-corrected chi connectivity index (χ0v) is 7.25. The minimum Gasteiger partial charge on any atom is -0.321 e. The van der Waals surface area contributed by atoms with Crippen molar-refractivity contribution in [1.82, 2.24) is 10.2 Å². The maximum Gasteiger partial charge on any atom is 0.0653 e. The van der Waals surface area contributed by atoms with E-state index in [-0.39, 0.29) is 5.54 Å². The predicted molar refractivity (Wildman–Crippen MR) is 51.2 cm³/mol. The molecule has 3 nitrogen and oxygen atoms in total. The van der Waals surface area contributed by atoms with E-state index in [9.17, 15) is 0 Å². The van der Waals surface area contributed by atoms with Crippen LogP contribution in [0.1, 0.15) is 18.4 Å². The first-order chi connectivity index (χ1) is 6.30. The third-order valence-electron chi connectivity index (χ3n) is 2.81. The number of fused-ring (bicyclic) bond motifs is 1. The molecule has 1 aliphatic carbocycles. The molecule has 0 atom stereocenters. The van der Waals surface area contributed by atoms with E-state index in [4.69, 9.17) is 5.73 Å². The second-order valence-electron chi connectivity index (χ2n) is 3.79. The van der Waals surface area contributed by atoms with E-state index in [0.717, 1.165) is 18.4 Å². The first-order valence-electron chi connectivity index (χ1n) is 4.51. The molecule has 66 valence electrons. The van der Waals surface area contributed by atoms with Crippen LogP contribution in [-0.4, -0.2) is 10.2 Å². The van der Waals surface area contributed by atoms with Gasteiger partial charge in [-0.05, 0) is 24.5 Å². The van der Waals surface area contributed by atoms with Gasteiger partial charge >= 0.3 is 0 Å². The quantitative estimate of drug-likeness (QED) is 0.686. The number of nitrogens with two attached hydrogens (primary N) is 1. The molecular weight excluding hydrogens is 162 g/mol. The van der Waals surface area contributed by atoms with Gasteiger partial charge in [-0.25, -0.2) is 0 Å². The van der Waals surface area contributed by atoms with Crippen LogP contribution in [0.5, 0.6) is 0 Å². The number of aromatic nitrogens is 2. The largest absolute Gasteiger partial charge is 0.321 e. The van der Waals surface area contributed by atoms with Crippen LogP contribution in [0.25, 0.3) is 10.9 Å². The van der Waals surface area contributed by atoms with E-state index in [1.807, 2.05) is 18.3 Å². The lowest BCUT2D eigenvalue weighted by Gasteiger charge is -2.09. The highest BCUT2D eigenvalue weighted by molar-refractivity contribution is 5.83. The highest BCUT2D eigenvalue weighted by Crippen LogP contribution is 2.44. The number of aromatic amines is 1. The molecule has 2 aromatic rings. The molecule has 0 radical (unpaired) electrons. The van der Waals surface area contributed by atoms with E-state index < -0.39 is 0 Å². The average molecular weight is 173 g/mol. The molecule has 0 saturated heterocycles. The number of hydrogen-bond acceptors (Lipinski definition) is 2. The summed E-state index contributed by atoms with van der Waals surface area (Å²) < 4.78 is 0. The molecule has 0 aliphatic heterocycles. The van der Waals surface area contributed by atoms with Crippen molar-refractivity contribution < 1.29 is 0 Å². The maximum absolute atomic E-state index is 6.15. The smallest absolute Gasteiger partial charge is 0.0653 e. The number of hydrogen-bond donors (Lipinski definition) is 2. The highest BCUT2D eigenvalue weighted by Gasteiger charge is 2.41. The van der Waals surface area contributed by atoms with Gasteiger partial charge in [-0.2, -0.15) is 5.10 Å². The zero-order valence-electron chi connectivity index (χ0n) is 7.25. The van der Waals surface area contributed by atoms with Crippen molar-refractivity contribution in [2.24, 2.45) is 5.73 Å². The molecular formula is C10H11N3. The van der Waals surface area contributed by atoms with Crippen molar-refractivity contribution in [3.8, 4) is 0 Å². The third-order valence-corrected chi connectivity index (χ3v) is 2.81. The van der Waals surface area contributed by atoms with Crippen LogP contribution >= 0.6 is 0 Å². The Balaban J connectivity index is 2.33. The van der Waals surface area contributed by atoms with E-state index in [2.05, 4.69) is 16.3 Å². The maximum atomic E-state index is 6.15. The molecule has 1 heterocycles. The van der Waals surface area contributed by atoms with Crippen LogP contribution in [0.2, 0.25) is 0 Å². The number of nitrogens with one attached hydrogen (secondary N) is 1. The fraction of sp³-hybridized carbons (Fsp3) is 0.300. The molecule has 1 saturated carbocycles. The van der Waals surface area contributed by atoms with Crippen molar-refractivity contribution in [3.05, 3.63) is 30.0 Å². The van der Waals surface area contributed by atoms with Gasteiger partial charge in [0.25, 0.3) is 0 Å². The molecule has 0 amide bonds. The molecule has 3 heteroatoms. The summed E-state index contributed by atoms with van der Waals surface area (Å²) in [6.45, 7) is 0. The Morgan fingerprint density at radius 3 is 3.00 bits per heavy atom. The Morgan fingerprint density at radius 1 is 1.38 bits per heavy atom. The molecule has 3 rings (SSSR count). The van der Waals surface area contributed by atoms with Crippen molar-refractivity contribution in [2.75, 3.05) is 0 Å². The summed E-state index contributed by atoms with van der Waals surface area (Å²) >= 11 is 0. The van der Waals surface area contributed by atoms with Crippen LogP contribution in [-0.2, 0) is 5.54 Å². The lowest BCUT2D eigenvalue weighted by Crippen LogP contribution is -2.18. The zero-order chi connectivity index (χ0) is 8.89. The van der Waals surface area contributed by atoms with Crippen LogP contribution in [0.4, 0.5) is 0 Å². The first kappa shape index (κ1) is 7.09. The number of benzene rings is 1. The second-order valence-corrected chi connectivity index (χ2v) is 3.79. The van der Waals surface area contributed by atoms with E-state index >= 15 is 0 Å². The predicted octanol–water partition coefficient (Wildman–Crippen LogP) is 1.51. The summed E-state index contributed by atoms with van der Waals surface area (Å²) in [5.74, 6) is 0. The topological polar surface area (TPSA) is 54.7 Å². The third kappa shape index (κ3) is 0.906. The van der Waals surface area contributed by atoms with E-state index in [1.54, 1.807) is 0 Å². The Hall–Kier alpha value is -1.35. The fourth-order valence-corrected chi connectivity index (χ4v) is 1.81. The van der Waals surface area contributed by atoms with Crippen molar-refractivity contribution >= 4 is 10.9 Å². The Labute approximate surface area is 75.9 Å². The van der Waals surface area contributed by atoms with Crippen LogP contribution in [0.15, 0.2) is 24.4 Å². The Morgan fingerprint density at radius 2 is 2.23 bits per heavy atom. The molecule has 0 unspecified atom stereocenters. The number of H-pyrrole nitrogens is 1. The highest BCUT2D eigenvalue weighted by atomic mass is 15.1. The SMILES string of the molecule is NC1(c2cccc3[nH]ncc23)CC1. The van der Waals surface area contributed by atoms with Gasteiger partial charge in [0.05, 0.1) is 11.7 Å². The molecule has 1 aromatic heterocycles. The first-order valence-corrected chi connectivity index (χ1v) is 4.51. The van der Waals surface area contributed by atoms with Crippen LogP contribution < -0.4 is 5.73 Å². The molecule has 13 heavy (non-hydrogen) atoms. The minimum atomic E-state index is -0.0661. The van der Waals surface area contributed by atoms with Gasteiger partial charge in [0.1, 0.15) is 0 Å². The van der Waals surface area contributed by atoms with Gasteiger partial charge in [-0.3, -0.25) is 5.10 Å². The fourth-order valence-electron chi connectivity index (χ4n) is 1.81. The second kappa shape index (κ2) is 2.12. The van der Waals surface area contributed by atoms with Gasteiger partial charge in [-0.1, -0.05) is 12.1 Å². The Bertz CT molecular complexity index is 454. The van der Waals surface area contributed by atoms with Gasteiger partial charge in [0, 0.05) is 10.9 Å². The minimum absolute atomic E-state index is 0.0661. The molecule has 3 N–H and O–H groups in total.